The van der Waals surface area contributed by atoms with Crippen molar-refractivity contribution in [2.24, 2.45) is 5.92 Å². The van der Waals surface area contributed by atoms with Gasteiger partial charge in [0, 0.05) is 30.1 Å². The maximum atomic E-state index is 12.7. The molecule has 0 unspecified atom stereocenters. The molecule has 0 saturated carbocycles. The molecule has 0 radical (unpaired) electrons. The quantitative estimate of drug-likeness (QED) is 0.532. The van der Waals surface area contributed by atoms with Gasteiger partial charge in [0.15, 0.2) is 5.78 Å². The van der Waals surface area contributed by atoms with Gasteiger partial charge in [0.25, 0.3) is 15.9 Å². The Morgan fingerprint density at radius 1 is 0.933 bits per heavy atom. The van der Waals surface area contributed by atoms with E-state index in [4.69, 9.17) is 4.74 Å². The monoisotopic (exact) mass is 432 g/mol. The van der Waals surface area contributed by atoms with E-state index in [2.05, 4.69) is 4.84 Å². The Kier molecular flexibility index (Phi) is 6.86. The predicted octanol–water partition coefficient (Wildman–Crippen LogP) is 2.27. The van der Waals surface area contributed by atoms with Crippen LogP contribution < -0.4 is 9.62 Å². The van der Waals surface area contributed by atoms with Crippen molar-refractivity contribution in [3.8, 4) is 5.75 Å². The van der Waals surface area contributed by atoms with Crippen LogP contribution in [0, 0.1) is 5.92 Å². The van der Waals surface area contributed by atoms with E-state index in [0.29, 0.717) is 42.8 Å². The molecular formula is C21H24N2O6S. The summed E-state index contributed by atoms with van der Waals surface area (Å²) in [6.07, 6.45) is 1.17. The number of carbonyl (C=O) groups is 2. The van der Waals surface area contributed by atoms with Crippen LogP contribution >= 0.6 is 0 Å². The number of ketones is 1. The van der Waals surface area contributed by atoms with Gasteiger partial charge in [-0.05, 0) is 61.4 Å². The van der Waals surface area contributed by atoms with E-state index in [9.17, 15) is 18.0 Å². The highest BCUT2D eigenvalue weighted by Gasteiger charge is 2.28. The Balaban J connectivity index is 1.60. The SMILES string of the molecule is CONS(=O)(=O)c1ccc(C(=O)N2CCC(C(=O)c3ccc(OC)cc3)CC2)cc1. The number of amides is 1. The fourth-order valence-corrected chi connectivity index (χ4v) is 4.26. The lowest BCUT2D eigenvalue weighted by Crippen LogP contribution is -2.40. The van der Waals surface area contributed by atoms with Crippen molar-refractivity contribution in [2.75, 3.05) is 27.3 Å². The topological polar surface area (TPSA) is 102 Å². The van der Waals surface area contributed by atoms with Gasteiger partial charge in [-0.2, -0.15) is 0 Å². The molecule has 1 fully saturated rings. The van der Waals surface area contributed by atoms with Gasteiger partial charge in [-0.1, -0.05) is 4.89 Å². The van der Waals surface area contributed by atoms with Crippen LogP contribution in [0.1, 0.15) is 33.6 Å². The molecule has 1 N–H and O–H groups in total. The lowest BCUT2D eigenvalue weighted by atomic mass is 9.88. The van der Waals surface area contributed by atoms with E-state index >= 15 is 0 Å². The molecule has 2 aromatic carbocycles. The van der Waals surface area contributed by atoms with E-state index in [1.165, 1.54) is 31.4 Å². The summed E-state index contributed by atoms with van der Waals surface area (Å²) in [7, 11) is -0.985. The van der Waals surface area contributed by atoms with E-state index in [1.807, 2.05) is 4.89 Å². The number of hydrogen-bond donors (Lipinski definition) is 1. The van der Waals surface area contributed by atoms with Crippen LogP contribution in [0.4, 0.5) is 0 Å². The molecule has 0 bridgehead atoms. The molecule has 8 nitrogen and oxygen atoms in total. The second-order valence-corrected chi connectivity index (χ2v) is 8.62. The first-order valence-corrected chi connectivity index (χ1v) is 11.0. The lowest BCUT2D eigenvalue weighted by molar-refractivity contribution is 0.0650. The Bertz CT molecular complexity index is 995. The smallest absolute Gasteiger partial charge is 0.262 e. The third kappa shape index (κ3) is 4.86. The number of sulfonamides is 1. The minimum absolute atomic E-state index is 0.00435. The maximum Gasteiger partial charge on any atom is 0.262 e. The summed E-state index contributed by atoms with van der Waals surface area (Å²) in [4.78, 5) is 33.5. The molecule has 30 heavy (non-hydrogen) atoms. The van der Waals surface area contributed by atoms with Gasteiger partial charge in [-0.3, -0.25) is 14.4 Å². The number of piperidine rings is 1. The van der Waals surface area contributed by atoms with Crippen molar-refractivity contribution in [2.45, 2.75) is 17.7 Å². The number of carbonyl (C=O) groups excluding carboxylic acids is 2. The zero-order valence-electron chi connectivity index (χ0n) is 16.8. The summed E-state index contributed by atoms with van der Waals surface area (Å²) in [6, 6.07) is 12.7. The minimum atomic E-state index is -3.77. The Labute approximate surface area is 175 Å². The van der Waals surface area contributed by atoms with E-state index < -0.39 is 10.0 Å². The Hall–Kier alpha value is -2.75. The van der Waals surface area contributed by atoms with Gasteiger partial charge in [0.05, 0.1) is 19.1 Å². The molecule has 0 aromatic heterocycles. The number of Topliss-reactive ketones (excluding diaryl/α,β-unsaturated/α-hetero) is 1. The summed E-state index contributed by atoms with van der Waals surface area (Å²) in [5.41, 5.74) is 1.04. The van der Waals surface area contributed by atoms with Crippen LogP contribution in [-0.2, 0) is 14.9 Å². The van der Waals surface area contributed by atoms with Gasteiger partial charge >= 0.3 is 0 Å². The zero-order chi connectivity index (χ0) is 21.7. The Morgan fingerprint density at radius 3 is 2.03 bits per heavy atom. The van der Waals surface area contributed by atoms with Crippen molar-refractivity contribution in [1.82, 2.24) is 9.79 Å². The van der Waals surface area contributed by atoms with E-state index in [0.717, 1.165) is 0 Å². The highest BCUT2D eigenvalue weighted by atomic mass is 32.2. The number of hydrogen-bond acceptors (Lipinski definition) is 6. The molecule has 0 aliphatic carbocycles. The van der Waals surface area contributed by atoms with Crippen molar-refractivity contribution in [3.63, 3.8) is 0 Å². The molecule has 2 aromatic rings. The van der Waals surface area contributed by atoms with Gasteiger partial charge in [0.1, 0.15) is 5.75 Å². The molecule has 0 spiro atoms. The molecule has 1 saturated heterocycles. The van der Waals surface area contributed by atoms with Crippen LogP contribution in [0.25, 0.3) is 0 Å². The first kappa shape index (κ1) is 21.9. The number of ether oxygens (including phenoxy) is 1. The van der Waals surface area contributed by atoms with E-state index in [1.54, 1.807) is 36.3 Å². The summed E-state index contributed by atoms with van der Waals surface area (Å²) in [5.74, 6) is 0.456. The third-order valence-electron chi connectivity index (χ3n) is 5.13. The average Bonchev–Trinajstić information content (AvgIpc) is 2.78. The maximum absolute atomic E-state index is 12.7. The number of benzene rings is 2. The lowest BCUT2D eigenvalue weighted by Gasteiger charge is -2.31. The van der Waals surface area contributed by atoms with Gasteiger partial charge in [-0.15, -0.1) is 0 Å². The number of nitrogens with zero attached hydrogens (tertiary/aromatic N) is 1. The van der Waals surface area contributed by atoms with Crippen molar-refractivity contribution >= 4 is 21.7 Å². The first-order valence-electron chi connectivity index (χ1n) is 9.48. The van der Waals surface area contributed by atoms with Crippen molar-refractivity contribution < 1.29 is 27.6 Å². The number of likely N-dealkylation sites (tertiary alicyclic amines) is 1. The standard InChI is InChI=1S/C21H24N2O6S/c1-28-18-7-3-15(4-8-18)20(24)16-11-13-23(14-12-16)21(25)17-5-9-19(10-6-17)30(26,27)22-29-2/h3-10,16,22H,11-14H2,1-2H3. The van der Waals surface area contributed by atoms with Crippen LogP contribution in [0.2, 0.25) is 0 Å². The second-order valence-electron chi connectivity index (χ2n) is 6.97. The summed E-state index contributed by atoms with van der Waals surface area (Å²) in [6.45, 7) is 0.938. The van der Waals surface area contributed by atoms with Crippen LogP contribution in [0.3, 0.4) is 0 Å². The fraction of sp³-hybridized carbons (Fsp3) is 0.333. The molecule has 1 aliphatic rings. The molecule has 3 rings (SSSR count). The molecule has 0 atom stereocenters. The molecule has 160 valence electrons. The number of rotatable bonds is 7. The molecule has 1 heterocycles. The van der Waals surface area contributed by atoms with Crippen molar-refractivity contribution in [3.05, 3.63) is 59.7 Å². The largest absolute Gasteiger partial charge is 0.497 e. The normalized spacial score (nSPS) is 15.1. The summed E-state index contributed by atoms with van der Waals surface area (Å²) in [5, 5.41) is 0. The third-order valence-corrected chi connectivity index (χ3v) is 6.41. The molecular weight excluding hydrogens is 408 g/mol. The zero-order valence-corrected chi connectivity index (χ0v) is 17.6. The minimum Gasteiger partial charge on any atom is -0.497 e. The van der Waals surface area contributed by atoms with Crippen LogP contribution in [0.15, 0.2) is 53.4 Å². The Morgan fingerprint density at radius 2 is 1.50 bits per heavy atom. The van der Waals surface area contributed by atoms with Gasteiger partial charge < -0.3 is 9.64 Å². The second kappa shape index (κ2) is 9.38. The molecule has 9 heteroatoms. The van der Waals surface area contributed by atoms with Crippen molar-refractivity contribution in [1.29, 1.82) is 0 Å². The molecule has 1 aliphatic heterocycles. The fourth-order valence-electron chi connectivity index (χ4n) is 3.45. The van der Waals surface area contributed by atoms with Crippen LogP contribution in [-0.4, -0.2) is 52.3 Å². The predicted molar refractivity (Wildman–Crippen MR) is 110 cm³/mol. The highest BCUT2D eigenvalue weighted by molar-refractivity contribution is 7.89. The van der Waals surface area contributed by atoms with Crippen LogP contribution in [0.5, 0.6) is 5.75 Å². The van der Waals surface area contributed by atoms with E-state index in [-0.39, 0.29) is 22.5 Å². The van der Waals surface area contributed by atoms with Gasteiger partial charge in [-0.25, -0.2) is 8.42 Å². The summed E-state index contributed by atoms with van der Waals surface area (Å²) < 4.78 is 28.9. The summed E-state index contributed by atoms with van der Waals surface area (Å²) >= 11 is 0. The average molecular weight is 432 g/mol. The molecule has 1 amide bonds. The highest BCUT2D eigenvalue weighted by Crippen LogP contribution is 2.24. The number of nitrogens with one attached hydrogen (secondary N) is 1. The van der Waals surface area contributed by atoms with Gasteiger partial charge in [0.2, 0.25) is 0 Å². The first-order chi connectivity index (χ1) is 14.4. The number of methoxy groups -OCH3 is 1.